The maximum atomic E-state index is 12.6. The number of benzene rings is 1. The van der Waals surface area contributed by atoms with Crippen LogP contribution in [-0.2, 0) is 35.0 Å². The van der Waals surface area contributed by atoms with Crippen LogP contribution >= 0.6 is 0 Å². The second-order valence-electron chi connectivity index (χ2n) is 5.97. The highest BCUT2D eigenvalue weighted by Crippen LogP contribution is 2.29. The van der Waals surface area contributed by atoms with Crippen molar-refractivity contribution in [2.75, 3.05) is 0 Å². The first-order valence-electron chi connectivity index (χ1n) is 8.29. The Labute approximate surface area is 159 Å². The Morgan fingerprint density at radius 1 is 1.18 bits per heavy atom. The van der Waals surface area contributed by atoms with Crippen LogP contribution in [0.2, 0.25) is 0 Å². The summed E-state index contributed by atoms with van der Waals surface area (Å²) in [7, 11) is -3.80. The monoisotopic (exact) mass is 414 g/mol. The number of alkyl halides is 3. The molecule has 0 aliphatic rings. The van der Waals surface area contributed by atoms with Crippen LogP contribution in [0.15, 0.2) is 47.1 Å². The summed E-state index contributed by atoms with van der Waals surface area (Å²) < 4.78 is 71.3. The molecule has 3 rings (SSSR count). The molecule has 0 fully saturated rings. The smallest absolute Gasteiger partial charge is 0.345 e. The minimum absolute atomic E-state index is 0.0786. The Hall–Kier alpha value is -2.66. The van der Waals surface area contributed by atoms with Crippen LogP contribution in [0.5, 0.6) is 0 Å². The Morgan fingerprint density at radius 3 is 2.54 bits per heavy atom. The van der Waals surface area contributed by atoms with Crippen LogP contribution < -0.4 is 4.72 Å². The zero-order chi connectivity index (χ0) is 20.4. The van der Waals surface area contributed by atoms with Crippen molar-refractivity contribution in [3.8, 4) is 11.5 Å². The number of halogens is 3. The van der Waals surface area contributed by atoms with E-state index in [4.69, 9.17) is 4.52 Å². The molecule has 28 heavy (non-hydrogen) atoms. The second kappa shape index (κ2) is 7.76. The highest BCUT2D eigenvalue weighted by molar-refractivity contribution is 7.88. The van der Waals surface area contributed by atoms with Gasteiger partial charge in [-0.05, 0) is 36.8 Å². The molecule has 2 heterocycles. The summed E-state index contributed by atoms with van der Waals surface area (Å²) in [5.74, 6) is -0.0520. The van der Waals surface area contributed by atoms with Gasteiger partial charge in [0, 0.05) is 12.7 Å². The van der Waals surface area contributed by atoms with Gasteiger partial charge in [-0.1, -0.05) is 17.3 Å². The molecule has 0 amide bonds. The SMILES string of the molecule is CCn1cccc1-c1noc(CNS(=O)(=O)Cc2ccc(C(F)(F)F)cc2)n1. The second-order valence-corrected chi connectivity index (χ2v) is 7.77. The highest BCUT2D eigenvalue weighted by atomic mass is 32.2. The minimum Gasteiger partial charge on any atom is -0.345 e. The fourth-order valence-electron chi connectivity index (χ4n) is 2.56. The van der Waals surface area contributed by atoms with Gasteiger partial charge in [-0.25, -0.2) is 13.1 Å². The number of nitrogens with zero attached hydrogens (tertiary/aromatic N) is 3. The number of nitrogens with one attached hydrogen (secondary N) is 1. The van der Waals surface area contributed by atoms with Gasteiger partial charge < -0.3 is 9.09 Å². The van der Waals surface area contributed by atoms with Crippen molar-refractivity contribution in [1.82, 2.24) is 19.4 Å². The van der Waals surface area contributed by atoms with Gasteiger partial charge in [0.25, 0.3) is 0 Å². The molecule has 0 bridgehead atoms. The number of sulfonamides is 1. The summed E-state index contributed by atoms with van der Waals surface area (Å²) in [5, 5.41) is 3.84. The lowest BCUT2D eigenvalue weighted by Gasteiger charge is -2.08. The first kappa shape index (κ1) is 20.1. The van der Waals surface area contributed by atoms with Gasteiger partial charge in [0.05, 0.1) is 23.6 Å². The third-order valence-electron chi connectivity index (χ3n) is 3.95. The highest BCUT2D eigenvalue weighted by Gasteiger charge is 2.30. The predicted molar refractivity (Wildman–Crippen MR) is 94.3 cm³/mol. The number of aryl methyl sites for hydroxylation is 1. The van der Waals surface area contributed by atoms with E-state index in [1.54, 1.807) is 0 Å². The van der Waals surface area contributed by atoms with Gasteiger partial charge in [0.2, 0.25) is 21.7 Å². The summed E-state index contributed by atoms with van der Waals surface area (Å²) in [6.07, 6.45) is -2.61. The summed E-state index contributed by atoms with van der Waals surface area (Å²) in [6, 6.07) is 7.60. The van der Waals surface area contributed by atoms with Crippen LogP contribution in [0.1, 0.15) is 23.9 Å². The fraction of sp³-hybridized carbons (Fsp3) is 0.294. The van der Waals surface area contributed by atoms with E-state index in [1.807, 2.05) is 29.8 Å². The minimum atomic E-state index is -4.47. The average Bonchev–Trinajstić information content (AvgIpc) is 3.28. The molecule has 0 saturated carbocycles. The van der Waals surface area contributed by atoms with E-state index in [-0.39, 0.29) is 18.0 Å². The van der Waals surface area contributed by atoms with E-state index < -0.39 is 27.5 Å². The molecule has 0 atom stereocenters. The Kier molecular flexibility index (Phi) is 5.57. The Balaban J connectivity index is 1.62. The molecule has 0 unspecified atom stereocenters. The largest absolute Gasteiger partial charge is 0.416 e. The van der Waals surface area contributed by atoms with Gasteiger partial charge in [0.15, 0.2) is 0 Å². The zero-order valence-corrected chi connectivity index (χ0v) is 15.6. The van der Waals surface area contributed by atoms with E-state index in [1.165, 1.54) is 0 Å². The maximum absolute atomic E-state index is 12.6. The van der Waals surface area contributed by atoms with Crippen LogP contribution in [0.4, 0.5) is 13.2 Å². The molecule has 3 aromatic rings. The molecule has 7 nitrogen and oxygen atoms in total. The normalized spacial score (nSPS) is 12.4. The molecule has 0 aliphatic heterocycles. The number of aromatic nitrogens is 3. The number of hydrogen-bond donors (Lipinski definition) is 1. The molecule has 1 N–H and O–H groups in total. The third kappa shape index (κ3) is 4.78. The lowest BCUT2D eigenvalue weighted by Crippen LogP contribution is -2.25. The molecule has 1 aromatic carbocycles. The lowest BCUT2D eigenvalue weighted by atomic mass is 10.1. The van der Waals surface area contributed by atoms with E-state index in [0.29, 0.717) is 12.4 Å². The molecule has 0 spiro atoms. The maximum Gasteiger partial charge on any atom is 0.416 e. The first-order valence-corrected chi connectivity index (χ1v) is 9.95. The fourth-order valence-corrected chi connectivity index (χ4v) is 3.63. The van der Waals surface area contributed by atoms with E-state index >= 15 is 0 Å². The molecular formula is C17H17F3N4O3S. The van der Waals surface area contributed by atoms with Crippen LogP contribution in [0, 0.1) is 0 Å². The number of hydrogen-bond acceptors (Lipinski definition) is 5. The summed E-state index contributed by atoms with van der Waals surface area (Å²) in [4.78, 5) is 4.16. The number of rotatable bonds is 7. The summed E-state index contributed by atoms with van der Waals surface area (Å²) in [5.41, 5.74) is 0.134. The molecule has 0 aliphatic carbocycles. The lowest BCUT2D eigenvalue weighted by molar-refractivity contribution is -0.137. The first-order chi connectivity index (χ1) is 13.2. The van der Waals surface area contributed by atoms with E-state index in [2.05, 4.69) is 14.9 Å². The quantitative estimate of drug-likeness (QED) is 0.641. The van der Waals surface area contributed by atoms with Gasteiger partial charge in [-0.15, -0.1) is 0 Å². The van der Waals surface area contributed by atoms with Crippen LogP contribution in [0.3, 0.4) is 0 Å². The molecular weight excluding hydrogens is 397 g/mol. The van der Waals surface area contributed by atoms with Crippen molar-refractivity contribution in [2.45, 2.75) is 31.9 Å². The van der Waals surface area contributed by atoms with E-state index in [0.717, 1.165) is 30.0 Å². The molecule has 0 radical (unpaired) electrons. The summed E-state index contributed by atoms with van der Waals surface area (Å²) in [6.45, 7) is 2.45. The average molecular weight is 414 g/mol. The molecule has 150 valence electrons. The Bertz CT molecular complexity index is 1040. The topological polar surface area (TPSA) is 90.0 Å². The van der Waals surface area contributed by atoms with Crippen molar-refractivity contribution in [3.63, 3.8) is 0 Å². The standard InChI is InChI=1S/C17H17F3N4O3S/c1-2-24-9-3-4-14(24)16-22-15(27-23-16)10-21-28(25,26)11-12-5-7-13(8-6-12)17(18,19)20/h3-9,21H,2,10-11H2,1H3. The van der Waals surface area contributed by atoms with Gasteiger partial charge in [-0.2, -0.15) is 18.2 Å². The molecule has 11 heteroatoms. The predicted octanol–water partition coefficient (Wildman–Crippen LogP) is 3.20. The Morgan fingerprint density at radius 2 is 1.89 bits per heavy atom. The van der Waals surface area contributed by atoms with Crippen molar-refractivity contribution in [2.24, 2.45) is 0 Å². The molecule has 2 aromatic heterocycles. The zero-order valence-electron chi connectivity index (χ0n) is 14.8. The van der Waals surface area contributed by atoms with Crippen molar-refractivity contribution >= 4 is 10.0 Å². The third-order valence-corrected chi connectivity index (χ3v) is 5.25. The van der Waals surface area contributed by atoms with Gasteiger partial charge in [0.1, 0.15) is 0 Å². The van der Waals surface area contributed by atoms with Gasteiger partial charge >= 0.3 is 6.18 Å². The molecule has 0 saturated heterocycles. The van der Waals surface area contributed by atoms with Crippen molar-refractivity contribution in [3.05, 3.63) is 59.6 Å². The van der Waals surface area contributed by atoms with Gasteiger partial charge in [-0.3, -0.25) is 0 Å². The van der Waals surface area contributed by atoms with Crippen molar-refractivity contribution in [1.29, 1.82) is 0 Å². The van der Waals surface area contributed by atoms with Crippen molar-refractivity contribution < 1.29 is 26.1 Å². The van der Waals surface area contributed by atoms with Crippen LogP contribution in [0.25, 0.3) is 11.5 Å². The summed E-state index contributed by atoms with van der Waals surface area (Å²) >= 11 is 0. The van der Waals surface area contributed by atoms with E-state index in [9.17, 15) is 21.6 Å². The van der Waals surface area contributed by atoms with Crippen LogP contribution in [-0.4, -0.2) is 23.1 Å².